The zero-order valence-electron chi connectivity index (χ0n) is 21.3. The minimum absolute atomic E-state index is 0.0247. The molecule has 36 heavy (non-hydrogen) atoms. The number of amides is 1. The Kier molecular flexibility index (Phi) is 7.42. The summed E-state index contributed by atoms with van der Waals surface area (Å²) in [5, 5.41) is 4.23. The zero-order valence-corrected chi connectivity index (χ0v) is 22.1. The minimum Gasteiger partial charge on any atom is -0.349 e. The molecule has 2 aromatic carbocycles. The number of carbonyl (C=O) groups excluding carboxylic acids is 1. The molecule has 3 unspecified atom stereocenters. The summed E-state index contributed by atoms with van der Waals surface area (Å²) >= 11 is 1.73. The number of hydrogen-bond acceptors (Lipinski definition) is 4. The quantitative estimate of drug-likeness (QED) is 0.290. The lowest BCUT2D eigenvalue weighted by atomic mass is 9.78. The molecular weight excluding hydrogens is 464 g/mol. The van der Waals surface area contributed by atoms with Crippen LogP contribution in [-0.4, -0.2) is 26.5 Å². The molecule has 186 valence electrons. The van der Waals surface area contributed by atoms with Gasteiger partial charge in [-0.3, -0.25) is 9.36 Å². The summed E-state index contributed by atoms with van der Waals surface area (Å²) < 4.78 is 2.18. The first-order valence-corrected chi connectivity index (χ1v) is 13.9. The van der Waals surface area contributed by atoms with E-state index in [2.05, 4.69) is 59.9 Å². The number of imidazole rings is 1. The highest BCUT2D eigenvalue weighted by molar-refractivity contribution is 7.98. The second-order valence-electron chi connectivity index (χ2n) is 10.1. The number of aryl methyl sites for hydroxylation is 1. The molecule has 2 aromatic heterocycles. The molecule has 2 heterocycles. The molecule has 5 nitrogen and oxygen atoms in total. The SMILES string of the molecule is Cc1cccc(CSc2nc3cccnc3n2Cc2ccc(C(=O)NC3CCCC(C)C3C)cc2)c1. The Morgan fingerprint density at radius 2 is 1.89 bits per heavy atom. The Labute approximate surface area is 217 Å². The lowest BCUT2D eigenvalue weighted by Gasteiger charge is -2.34. The highest BCUT2D eigenvalue weighted by Gasteiger charge is 2.28. The van der Waals surface area contributed by atoms with E-state index in [1.807, 2.05) is 42.6 Å². The van der Waals surface area contributed by atoms with E-state index in [4.69, 9.17) is 4.98 Å². The summed E-state index contributed by atoms with van der Waals surface area (Å²) in [6.45, 7) is 7.33. The van der Waals surface area contributed by atoms with Crippen LogP contribution >= 0.6 is 11.8 Å². The number of hydrogen-bond donors (Lipinski definition) is 1. The molecule has 0 spiro atoms. The Hall–Kier alpha value is -3.12. The maximum absolute atomic E-state index is 12.9. The molecule has 0 saturated heterocycles. The van der Waals surface area contributed by atoms with E-state index < -0.39 is 0 Å². The van der Waals surface area contributed by atoms with Crippen molar-refractivity contribution in [2.45, 2.75) is 63.5 Å². The summed E-state index contributed by atoms with van der Waals surface area (Å²) in [4.78, 5) is 22.4. The Bertz CT molecular complexity index is 1350. The van der Waals surface area contributed by atoms with Crippen LogP contribution in [0.5, 0.6) is 0 Å². The minimum atomic E-state index is 0.0247. The third-order valence-corrected chi connectivity index (χ3v) is 8.55. The number of nitrogens with zero attached hydrogens (tertiary/aromatic N) is 3. The lowest BCUT2D eigenvalue weighted by molar-refractivity contribution is 0.0891. The number of benzene rings is 2. The third kappa shape index (κ3) is 5.49. The third-order valence-electron chi connectivity index (χ3n) is 7.50. The summed E-state index contributed by atoms with van der Waals surface area (Å²) in [5.41, 5.74) is 6.16. The molecule has 1 aliphatic rings. The van der Waals surface area contributed by atoms with Gasteiger partial charge in [-0.05, 0) is 60.6 Å². The van der Waals surface area contributed by atoms with E-state index in [0.29, 0.717) is 23.9 Å². The number of rotatable bonds is 7. The summed E-state index contributed by atoms with van der Waals surface area (Å²) in [5.74, 6) is 2.04. The highest BCUT2D eigenvalue weighted by Crippen LogP contribution is 2.30. The smallest absolute Gasteiger partial charge is 0.251 e. The summed E-state index contributed by atoms with van der Waals surface area (Å²) in [6.07, 6.45) is 5.33. The van der Waals surface area contributed by atoms with Crippen molar-refractivity contribution in [3.05, 3.63) is 89.1 Å². The van der Waals surface area contributed by atoms with E-state index in [0.717, 1.165) is 34.1 Å². The fourth-order valence-electron chi connectivity index (χ4n) is 5.12. The van der Waals surface area contributed by atoms with Gasteiger partial charge in [-0.2, -0.15) is 0 Å². The van der Waals surface area contributed by atoms with Gasteiger partial charge in [0.25, 0.3) is 5.91 Å². The van der Waals surface area contributed by atoms with E-state index in [1.165, 1.54) is 24.0 Å². The molecule has 5 rings (SSSR count). The van der Waals surface area contributed by atoms with Crippen LogP contribution in [0.4, 0.5) is 0 Å². The predicted molar refractivity (Wildman–Crippen MR) is 147 cm³/mol. The highest BCUT2D eigenvalue weighted by atomic mass is 32.2. The second kappa shape index (κ2) is 10.9. The van der Waals surface area contributed by atoms with Gasteiger partial charge >= 0.3 is 0 Å². The number of thioether (sulfide) groups is 1. The van der Waals surface area contributed by atoms with Gasteiger partial charge in [0.2, 0.25) is 0 Å². The number of carbonyl (C=O) groups is 1. The van der Waals surface area contributed by atoms with Gasteiger partial charge in [0, 0.05) is 23.6 Å². The van der Waals surface area contributed by atoms with Crippen LogP contribution in [0.3, 0.4) is 0 Å². The zero-order chi connectivity index (χ0) is 25.1. The number of nitrogens with one attached hydrogen (secondary N) is 1. The molecular formula is C30H34N4OS. The van der Waals surface area contributed by atoms with Crippen molar-refractivity contribution in [3.8, 4) is 0 Å². The van der Waals surface area contributed by atoms with E-state index in [1.54, 1.807) is 11.8 Å². The average Bonchev–Trinajstić information content (AvgIpc) is 3.23. The molecule has 1 aliphatic carbocycles. The summed E-state index contributed by atoms with van der Waals surface area (Å²) in [6, 6.07) is 20.8. The number of pyridine rings is 1. The van der Waals surface area contributed by atoms with Gasteiger partial charge in [0.1, 0.15) is 5.52 Å². The first-order chi connectivity index (χ1) is 17.5. The maximum Gasteiger partial charge on any atom is 0.251 e. The molecule has 0 bridgehead atoms. The number of fused-ring (bicyclic) bond motifs is 1. The largest absolute Gasteiger partial charge is 0.349 e. The van der Waals surface area contributed by atoms with Gasteiger partial charge in [0.05, 0.1) is 6.54 Å². The van der Waals surface area contributed by atoms with Crippen LogP contribution in [0.15, 0.2) is 72.0 Å². The fraction of sp³-hybridized carbons (Fsp3) is 0.367. The Morgan fingerprint density at radius 3 is 2.69 bits per heavy atom. The van der Waals surface area contributed by atoms with E-state index in [-0.39, 0.29) is 11.9 Å². The monoisotopic (exact) mass is 498 g/mol. The van der Waals surface area contributed by atoms with Crippen molar-refractivity contribution in [2.75, 3.05) is 0 Å². The molecule has 1 amide bonds. The van der Waals surface area contributed by atoms with Crippen LogP contribution in [0.1, 0.15) is 60.2 Å². The van der Waals surface area contributed by atoms with E-state index >= 15 is 0 Å². The van der Waals surface area contributed by atoms with Crippen molar-refractivity contribution >= 4 is 28.8 Å². The molecule has 3 atom stereocenters. The van der Waals surface area contributed by atoms with Crippen LogP contribution < -0.4 is 5.32 Å². The van der Waals surface area contributed by atoms with Gasteiger partial charge in [-0.1, -0.05) is 80.4 Å². The standard InChI is InChI=1S/C30H34N4OS/c1-20-7-4-9-24(17-20)19-36-30-33-27-11-6-16-31-28(27)34(30)18-23-12-14-25(15-13-23)29(35)32-26-10-5-8-21(2)22(26)3/h4,6-7,9,11-17,21-22,26H,5,8,10,18-19H2,1-3H3,(H,32,35). The second-order valence-corrected chi connectivity index (χ2v) is 11.1. The van der Waals surface area contributed by atoms with E-state index in [9.17, 15) is 4.79 Å². The van der Waals surface area contributed by atoms with Gasteiger partial charge in [-0.25, -0.2) is 9.97 Å². The van der Waals surface area contributed by atoms with Crippen LogP contribution in [0.2, 0.25) is 0 Å². The first kappa shape index (κ1) is 24.6. The number of aromatic nitrogens is 3. The first-order valence-electron chi connectivity index (χ1n) is 12.9. The van der Waals surface area contributed by atoms with Gasteiger partial charge in [-0.15, -0.1) is 0 Å². The molecule has 4 aromatic rings. The van der Waals surface area contributed by atoms with Crippen LogP contribution in [0, 0.1) is 18.8 Å². The molecule has 0 radical (unpaired) electrons. The Balaban J connectivity index is 1.31. The predicted octanol–water partition coefficient (Wildman–Crippen LogP) is 6.63. The van der Waals surface area contributed by atoms with Gasteiger partial charge in [0.15, 0.2) is 10.8 Å². The molecule has 1 fully saturated rings. The maximum atomic E-state index is 12.9. The van der Waals surface area contributed by atoms with Crippen LogP contribution in [-0.2, 0) is 12.3 Å². The van der Waals surface area contributed by atoms with Crippen molar-refractivity contribution in [3.63, 3.8) is 0 Å². The molecule has 6 heteroatoms. The molecule has 1 N–H and O–H groups in total. The Morgan fingerprint density at radius 1 is 1.06 bits per heavy atom. The normalized spacial score (nSPS) is 19.9. The fourth-order valence-corrected chi connectivity index (χ4v) is 6.07. The van der Waals surface area contributed by atoms with Crippen molar-refractivity contribution in [2.24, 2.45) is 11.8 Å². The average molecular weight is 499 g/mol. The van der Waals surface area contributed by atoms with Crippen molar-refractivity contribution in [1.29, 1.82) is 0 Å². The molecule has 1 saturated carbocycles. The van der Waals surface area contributed by atoms with Crippen LogP contribution in [0.25, 0.3) is 11.2 Å². The summed E-state index contributed by atoms with van der Waals surface area (Å²) in [7, 11) is 0. The lowest BCUT2D eigenvalue weighted by Crippen LogP contribution is -2.43. The van der Waals surface area contributed by atoms with Crippen molar-refractivity contribution < 1.29 is 4.79 Å². The topological polar surface area (TPSA) is 59.8 Å². The molecule has 0 aliphatic heterocycles. The van der Waals surface area contributed by atoms with Crippen molar-refractivity contribution in [1.82, 2.24) is 19.9 Å². The van der Waals surface area contributed by atoms with Gasteiger partial charge < -0.3 is 5.32 Å².